The van der Waals surface area contributed by atoms with E-state index in [0.29, 0.717) is 6.04 Å². The van der Waals surface area contributed by atoms with Crippen LogP contribution in [0.25, 0.3) is 0 Å². The van der Waals surface area contributed by atoms with Crippen LogP contribution in [0.2, 0.25) is 0 Å². The molecule has 0 aliphatic carbocycles. The lowest BCUT2D eigenvalue weighted by atomic mass is 10.0. The molecule has 1 atom stereocenters. The van der Waals surface area contributed by atoms with Crippen LogP contribution in [0.4, 0.5) is 0 Å². The molecule has 112 valence electrons. The largest absolute Gasteiger partial charge is 0.496 e. The number of benzene rings is 1. The maximum atomic E-state index is 5.49. The number of hydrogen-bond donors (Lipinski definition) is 1. The third kappa shape index (κ3) is 4.22. The van der Waals surface area contributed by atoms with Crippen LogP contribution in [0.5, 0.6) is 5.75 Å². The van der Waals surface area contributed by atoms with Gasteiger partial charge in [0.25, 0.3) is 0 Å². The average molecular weight is 276 g/mol. The van der Waals surface area contributed by atoms with Crippen molar-refractivity contribution in [1.82, 2.24) is 10.2 Å². The summed E-state index contributed by atoms with van der Waals surface area (Å²) in [7, 11) is 1.76. The lowest BCUT2D eigenvalue weighted by molar-refractivity contribution is 0.182. The molecular formula is C17H28N2O. The molecular weight excluding hydrogens is 248 g/mol. The second-order valence-electron chi connectivity index (χ2n) is 5.84. The summed E-state index contributed by atoms with van der Waals surface area (Å²) in [4.78, 5) is 2.55. The standard InChI is InChI=1S/C17H28N2O/c1-4-9-18-16-6-5-10-19(13-16)12-15-11-14(2)7-8-17(15)20-3/h7-8,11,16,18H,4-6,9-10,12-13H2,1-3H3. The normalized spacial score (nSPS) is 20.1. The first-order valence-corrected chi connectivity index (χ1v) is 7.82. The van der Waals surface area contributed by atoms with Crippen molar-refractivity contribution in [3.8, 4) is 5.75 Å². The summed E-state index contributed by atoms with van der Waals surface area (Å²) in [6.45, 7) is 8.84. The van der Waals surface area contributed by atoms with Gasteiger partial charge in [-0.15, -0.1) is 0 Å². The smallest absolute Gasteiger partial charge is 0.123 e. The van der Waals surface area contributed by atoms with Gasteiger partial charge in [0.2, 0.25) is 0 Å². The van der Waals surface area contributed by atoms with Crippen molar-refractivity contribution < 1.29 is 4.74 Å². The molecule has 1 aromatic rings. The minimum Gasteiger partial charge on any atom is -0.496 e. The van der Waals surface area contributed by atoms with Gasteiger partial charge in [0.15, 0.2) is 0 Å². The van der Waals surface area contributed by atoms with E-state index in [-0.39, 0.29) is 0 Å². The van der Waals surface area contributed by atoms with Gasteiger partial charge in [-0.05, 0) is 45.3 Å². The van der Waals surface area contributed by atoms with E-state index in [1.807, 2.05) is 0 Å². The first-order valence-electron chi connectivity index (χ1n) is 7.82. The maximum absolute atomic E-state index is 5.49. The fourth-order valence-electron chi connectivity index (χ4n) is 2.99. The molecule has 0 aromatic heterocycles. The minimum absolute atomic E-state index is 0.652. The van der Waals surface area contributed by atoms with Crippen molar-refractivity contribution >= 4 is 0 Å². The quantitative estimate of drug-likeness (QED) is 0.864. The molecule has 1 heterocycles. The molecule has 0 saturated carbocycles. The predicted octanol–water partition coefficient (Wildman–Crippen LogP) is 2.97. The summed E-state index contributed by atoms with van der Waals surface area (Å²) < 4.78 is 5.49. The molecule has 0 amide bonds. The van der Waals surface area contributed by atoms with Gasteiger partial charge in [-0.2, -0.15) is 0 Å². The Balaban J connectivity index is 1.97. The topological polar surface area (TPSA) is 24.5 Å². The van der Waals surface area contributed by atoms with Gasteiger partial charge in [0.05, 0.1) is 7.11 Å². The molecule has 1 aromatic carbocycles. The number of ether oxygens (including phenoxy) is 1. The number of nitrogens with zero attached hydrogens (tertiary/aromatic N) is 1. The molecule has 1 fully saturated rings. The highest BCUT2D eigenvalue weighted by Gasteiger charge is 2.20. The van der Waals surface area contributed by atoms with Crippen LogP contribution in [0, 0.1) is 6.92 Å². The van der Waals surface area contributed by atoms with Crippen molar-refractivity contribution in [2.24, 2.45) is 0 Å². The maximum Gasteiger partial charge on any atom is 0.123 e. The number of aryl methyl sites for hydroxylation is 1. The SMILES string of the molecule is CCCNC1CCCN(Cc2cc(C)ccc2OC)C1. The zero-order valence-corrected chi connectivity index (χ0v) is 13.1. The fraction of sp³-hybridized carbons (Fsp3) is 0.647. The van der Waals surface area contributed by atoms with Gasteiger partial charge in [-0.1, -0.05) is 24.6 Å². The zero-order chi connectivity index (χ0) is 14.4. The number of piperidine rings is 1. The molecule has 0 radical (unpaired) electrons. The van der Waals surface area contributed by atoms with Gasteiger partial charge in [0, 0.05) is 24.7 Å². The lowest BCUT2D eigenvalue weighted by Crippen LogP contribution is -2.45. The Hall–Kier alpha value is -1.06. The third-order valence-electron chi connectivity index (χ3n) is 4.02. The van der Waals surface area contributed by atoms with Gasteiger partial charge in [0.1, 0.15) is 5.75 Å². The van der Waals surface area contributed by atoms with Crippen LogP contribution in [-0.4, -0.2) is 37.7 Å². The second-order valence-corrected chi connectivity index (χ2v) is 5.84. The summed E-state index contributed by atoms with van der Waals surface area (Å²) in [6.07, 6.45) is 3.80. The molecule has 1 unspecified atom stereocenters. The molecule has 1 saturated heterocycles. The van der Waals surface area contributed by atoms with Crippen LogP contribution in [0.15, 0.2) is 18.2 Å². The van der Waals surface area contributed by atoms with Crippen molar-refractivity contribution in [2.45, 2.75) is 45.7 Å². The highest BCUT2D eigenvalue weighted by atomic mass is 16.5. The summed E-state index contributed by atoms with van der Waals surface area (Å²) in [5.41, 5.74) is 2.61. The molecule has 0 bridgehead atoms. The molecule has 20 heavy (non-hydrogen) atoms. The van der Waals surface area contributed by atoms with Crippen molar-refractivity contribution in [2.75, 3.05) is 26.7 Å². The van der Waals surface area contributed by atoms with Crippen molar-refractivity contribution in [3.63, 3.8) is 0 Å². The van der Waals surface area contributed by atoms with E-state index >= 15 is 0 Å². The Kier molecular flexibility index (Phi) is 5.86. The van der Waals surface area contributed by atoms with Crippen LogP contribution >= 0.6 is 0 Å². The molecule has 2 rings (SSSR count). The number of likely N-dealkylation sites (tertiary alicyclic amines) is 1. The summed E-state index contributed by atoms with van der Waals surface area (Å²) in [5.74, 6) is 1.01. The Morgan fingerprint density at radius 1 is 1.40 bits per heavy atom. The summed E-state index contributed by atoms with van der Waals surface area (Å²) in [5, 5.41) is 3.65. The molecule has 3 nitrogen and oxygen atoms in total. The van der Waals surface area contributed by atoms with Crippen molar-refractivity contribution in [3.05, 3.63) is 29.3 Å². The van der Waals surface area contributed by atoms with E-state index in [1.54, 1.807) is 7.11 Å². The molecule has 3 heteroatoms. The Morgan fingerprint density at radius 2 is 2.25 bits per heavy atom. The monoisotopic (exact) mass is 276 g/mol. The van der Waals surface area contributed by atoms with Crippen molar-refractivity contribution in [1.29, 1.82) is 0 Å². The summed E-state index contributed by atoms with van der Waals surface area (Å²) in [6, 6.07) is 7.10. The first-order chi connectivity index (χ1) is 9.72. The van der Waals surface area contributed by atoms with E-state index in [1.165, 1.54) is 36.9 Å². The molecule has 1 aliphatic rings. The fourth-order valence-corrected chi connectivity index (χ4v) is 2.99. The van der Waals surface area contributed by atoms with Crippen LogP contribution < -0.4 is 10.1 Å². The van der Waals surface area contributed by atoms with Crippen LogP contribution in [0.1, 0.15) is 37.3 Å². The highest BCUT2D eigenvalue weighted by Crippen LogP contribution is 2.23. The highest BCUT2D eigenvalue weighted by molar-refractivity contribution is 5.36. The number of nitrogens with one attached hydrogen (secondary N) is 1. The molecule has 1 aliphatic heterocycles. The van der Waals surface area contributed by atoms with Gasteiger partial charge < -0.3 is 10.1 Å². The van der Waals surface area contributed by atoms with E-state index in [9.17, 15) is 0 Å². The van der Waals surface area contributed by atoms with E-state index in [4.69, 9.17) is 4.74 Å². The van der Waals surface area contributed by atoms with E-state index < -0.39 is 0 Å². The number of methoxy groups -OCH3 is 1. The van der Waals surface area contributed by atoms with Gasteiger partial charge in [-0.25, -0.2) is 0 Å². The Labute approximate surface area is 123 Å². The first kappa shape index (κ1) is 15.3. The molecule has 0 spiro atoms. The van der Waals surface area contributed by atoms with Gasteiger partial charge >= 0.3 is 0 Å². The van der Waals surface area contributed by atoms with Crippen LogP contribution in [-0.2, 0) is 6.54 Å². The summed E-state index contributed by atoms with van der Waals surface area (Å²) >= 11 is 0. The second kappa shape index (κ2) is 7.65. The predicted molar refractivity (Wildman–Crippen MR) is 84.3 cm³/mol. The molecule has 1 N–H and O–H groups in total. The zero-order valence-electron chi connectivity index (χ0n) is 13.1. The number of hydrogen-bond acceptors (Lipinski definition) is 3. The van der Waals surface area contributed by atoms with Gasteiger partial charge in [-0.3, -0.25) is 4.90 Å². The lowest BCUT2D eigenvalue weighted by Gasteiger charge is -2.33. The minimum atomic E-state index is 0.652. The number of rotatable bonds is 6. The Bertz CT molecular complexity index is 419. The van der Waals surface area contributed by atoms with E-state index in [2.05, 4.69) is 42.3 Å². The average Bonchev–Trinajstić information content (AvgIpc) is 2.46. The van der Waals surface area contributed by atoms with Crippen LogP contribution in [0.3, 0.4) is 0 Å². The van der Waals surface area contributed by atoms with E-state index in [0.717, 1.165) is 25.4 Å². The Morgan fingerprint density at radius 3 is 3.00 bits per heavy atom. The third-order valence-corrected chi connectivity index (χ3v) is 4.02.